The van der Waals surface area contributed by atoms with Gasteiger partial charge in [0.1, 0.15) is 5.60 Å². The van der Waals surface area contributed by atoms with Crippen molar-refractivity contribution in [3.63, 3.8) is 0 Å². The second-order valence-corrected chi connectivity index (χ2v) is 3.23. The molecule has 0 aromatic rings. The third kappa shape index (κ3) is 1.09. The number of hydrogen-bond donors (Lipinski definition) is 0. The molecule has 11 heavy (non-hydrogen) atoms. The van der Waals surface area contributed by atoms with Crippen molar-refractivity contribution in [1.82, 2.24) is 0 Å². The molecular formula is C9H12O2. The summed E-state index contributed by atoms with van der Waals surface area (Å²) in [5.74, 6) is -0.352. The van der Waals surface area contributed by atoms with Gasteiger partial charge in [-0.2, -0.15) is 0 Å². The van der Waals surface area contributed by atoms with E-state index in [1.165, 1.54) is 0 Å². The maximum atomic E-state index is 11.0. The van der Waals surface area contributed by atoms with E-state index in [1.807, 2.05) is 13.8 Å². The maximum Gasteiger partial charge on any atom is 0.334 e. The summed E-state index contributed by atoms with van der Waals surface area (Å²) in [5.41, 5.74) is 0.0422. The Morgan fingerprint density at radius 2 is 2.18 bits per heavy atom. The van der Waals surface area contributed by atoms with Gasteiger partial charge in [-0.1, -0.05) is 12.7 Å². The maximum absolute atomic E-state index is 11.0. The van der Waals surface area contributed by atoms with Gasteiger partial charge in [0.25, 0.3) is 0 Å². The second-order valence-electron chi connectivity index (χ2n) is 3.23. The predicted molar refractivity (Wildman–Crippen MR) is 43.0 cm³/mol. The Hall–Kier alpha value is -1.05. The molecule has 60 valence electrons. The minimum atomic E-state index is -0.462. The highest BCUT2D eigenvalue weighted by Gasteiger charge is 2.42. The van der Waals surface area contributed by atoms with Gasteiger partial charge in [-0.15, -0.1) is 6.58 Å². The number of cyclic esters (lactones) is 1. The van der Waals surface area contributed by atoms with Gasteiger partial charge in [-0.3, -0.25) is 0 Å². The zero-order valence-corrected chi connectivity index (χ0v) is 6.89. The van der Waals surface area contributed by atoms with Crippen LogP contribution < -0.4 is 0 Å². The average Bonchev–Trinajstić information content (AvgIpc) is 2.03. The van der Waals surface area contributed by atoms with Crippen LogP contribution in [-0.4, -0.2) is 11.6 Å². The van der Waals surface area contributed by atoms with Crippen molar-refractivity contribution in [3.05, 3.63) is 24.8 Å². The van der Waals surface area contributed by atoms with Crippen molar-refractivity contribution in [2.24, 2.45) is 5.92 Å². The molecule has 0 bridgehead atoms. The molecule has 1 heterocycles. The average molecular weight is 152 g/mol. The third-order valence-corrected chi connectivity index (χ3v) is 1.98. The van der Waals surface area contributed by atoms with Gasteiger partial charge in [-0.05, 0) is 13.8 Å². The highest BCUT2D eigenvalue weighted by atomic mass is 16.6. The first-order valence-corrected chi connectivity index (χ1v) is 3.53. The quantitative estimate of drug-likeness (QED) is 0.324. The smallest absolute Gasteiger partial charge is 0.334 e. The van der Waals surface area contributed by atoms with Crippen LogP contribution >= 0.6 is 0 Å². The van der Waals surface area contributed by atoms with Crippen LogP contribution in [0.15, 0.2) is 24.8 Å². The molecule has 1 atom stereocenters. The Balaban J connectivity index is 2.99. The van der Waals surface area contributed by atoms with E-state index in [0.717, 1.165) is 0 Å². The summed E-state index contributed by atoms with van der Waals surface area (Å²) in [6.07, 6.45) is 1.70. The lowest BCUT2D eigenvalue weighted by atomic mass is 9.88. The zero-order chi connectivity index (χ0) is 8.65. The molecule has 2 nitrogen and oxygen atoms in total. The molecule has 1 unspecified atom stereocenters. The van der Waals surface area contributed by atoms with Crippen molar-refractivity contribution >= 4 is 5.97 Å². The predicted octanol–water partition coefficient (Wildman–Crippen LogP) is 1.68. The summed E-state index contributed by atoms with van der Waals surface area (Å²) in [4.78, 5) is 11.0. The van der Waals surface area contributed by atoms with E-state index >= 15 is 0 Å². The van der Waals surface area contributed by atoms with E-state index in [9.17, 15) is 4.79 Å². The summed E-state index contributed by atoms with van der Waals surface area (Å²) in [6, 6.07) is 0. The highest BCUT2D eigenvalue weighted by Crippen LogP contribution is 2.35. The van der Waals surface area contributed by atoms with E-state index in [4.69, 9.17) is 4.74 Å². The fraction of sp³-hybridized carbons (Fsp3) is 0.444. The summed E-state index contributed by atoms with van der Waals surface area (Å²) >= 11 is 0. The van der Waals surface area contributed by atoms with E-state index in [1.54, 1.807) is 6.08 Å². The molecule has 0 radical (unpaired) electrons. The normalized spacial score (nSPS) is 28.4. The summed E-state index contributed by atoms with van der Waals surface area (Å²) in [7, 11) is 0. The van der Waals surface area contributed by atoms with Crippen molar-refractivity contribution in [3.8, 4) is 0 Å². The van der Waals surface area contributed by atoms with Gasteiger partial charge in [0, 0.05) is 11.5 Å². The molecule has 1 fully saturated rings. The van der Waals surface area contributed by atoms with Gasteiger partial charge in [0.2, 0.25) is 0 Å². The van der Waals surface area contributed by atoms with Gasteiger partial charge in [0.15, 0.2) is 0 Å². The van der Waals surface area contributed by atoms with Crippen LogP contribution in [-0.2, 0) is 9.53 Å². The van der Waals surface area contributed by atoms with Crippen LogP contribution in [0.25, 0.3) is 0 Å². The van der Waals surface area contributed by atoms with Crippen LogP contribution in [0.5, 0.6) is 0 Å². The van der Waals surface area contributed by atoms with Gasteiger partial charge < -0.3 is 4.74 Å². The minimum absolute atomic E-state index is 0.0463. The number of carbonyl (C=O) groups is 1. The Morgan fingerprint density at radius 3 is 2.36 bits per heavy atom. The lowest BCUT2D eigenvalue weighted by molar-refractivity contribution is -0.144. The topological polar surface area (TPSA) is 26.3 Å². The zero-order valence-electron chi connectivity index (χ0n) is 6.89. The second kappa shape index (κ2) is 2.22. The molecule has 1 rings (SSSR count). The molecule has 1 saturated heterocycles. The third-order valence-electron chi connectivity index (χ3n) is 1.98. The molecule has 0 amide bonds. The largest absolute Gasteiger partial charge is 0.455 e. The van der Waals surface area contributed by atoms with Crippen LogP contribution in [0.1, 0.15) is 13.8 Å². The molecular weight excluding hydrogens is 140 g/mol. The monoisotopic (exact) mass is 152 g/mol. The van der Waals surface area contributed by atoms with Crippen LogP contribution in [0.2, 0.25) is 0 Å². The Labute approximate surface area is 66.5 Å². The first-order valence-electron chi connectivity index (χ1n) is 3.53. The molecule has 0 spiro atoms. The number of ether oxygens (including phenoxy) is 1. The molecule has 1 aliphatic rings. The summed E-state index contributed by atoms with van der Waals surface area (Å²) < 4.78 is 5.05. The number of hydrogen-bond acceptors (Lipinski definition) is 2. The molecule has 0 aliphatic carbocycles. The van der Waals surface area contributed by atoms with Crippen molar-refractivity contribution in [2.45, 2.75) is 19.4 Å². The number of carbonyl (C=O) groups excluding carboxylic acids is 1. The van der Waals surface area contributed by atoms with Gasteiger partial charge in [0.05, 0.1) is 0 Å². The first kappa shape index (κ1) is 8.05. The lowest BCUT2D eigenvalue weighted by Crippen LogP contribution is -2.26. The number of esters is 1. The highest BCUT2D eigenvalue weighted by molar-refractivity contribution is 5.91. The molecule has 2 heteroatoms. The molecule has 0 N–H and O–H groups in total. The van der Waals surface area contributed by atoms with Gasteiger partial charge in [-0.25, -0.2) is 4.79 Å². The Morgan fingerprint density at radius 1 is 1.64 bits per heavy atom. The molecule has 1 aliphatic heterocycles. The molecule has 0 aromatic carbocycles. The SMILES string of the molecule is C=CC1C(=C)C(=O)OC1(C)C. The summed E-state index contributed by atoms with van der Waals surface area (Å²) in [5, 5.41) is 0. The summed E-state index contributed by atoms with van der Waals surface area (Å²) in [6.45, 7) is 11.0. The van der Waals surface area contributed by atoms with Crippen LogP contribution in [0.4, 0.5) is 0 Å². The van der Waals surface area contributed by atoms with Crippen LogP contribution in [0.3, 0.4) is 0 Å². The lowest BCUT2D eigenvalue weighted by Gasteiger charge is -2.21. The van der Waals surface area contributed by atoms with Crippen LogP contribution in [0, 0.1) is 5.92 Å². The minimum Gasteiger partial charge on any atom is -0.455 e. The fourth-order valence-corrected chi connectivity index (χ4v) is 1.34. The van der Waals surface area contributed by atoms with Crippen molar-refractivity contribution in [1.29, 1.82) is 0 Å². The molecule has 0 aromatic heterocycles. The number of rotatable bonds is 1. The van der Waals surface area contributed by atoms with E-state index in [2.05, 4.69) is 13.2 Å². The molecule has 0 saturated carbocycles. The van der Waals surface area contributed by atoms with E-state index in [0.29, 0.717) is 5.57 Å². The Kier molecular flexibility index (Phi) is 1.63. The fourth-order valence-electron chi connectivity index (χ4n) is 1.34. The van der Waals surface area contributed by atoms with Gasteiger partial charge >= 0.3 is 5.97 Å². The van der Waals surface area contributed by atoms with Crippen molar-refractivity contribution < 1.29 is 9.53 Å². The van der Waals surface area contributed by atoms with E-state index < -0.39 is 5.60 Å². The van der Waals surface area contributed by atoms with E-state index in [-0.39, 0.29) is 11.9 Å². The first-order chi connectivity index (χ1) is 4.99. The van der Waals surface area contributed by atoms with Crippen molar-refractivity contribution in [2.75, 3.05) is 0 Å². The Bertz CT molecular complexity index is 226. The standard InChI is InChI=1S/C9H12O2/c1-5-7-6(2)8(10)11-9(7,3)4/h5,7H,1-2H2,3-4H3.